The highest BCUT2D eigenvalue weighted by atomic mass is 32.2. The molecule has 4 rings (SSSR count). The number of rotatable bonds is 5. The molecular weight excluding hydrogens is 358 g/mol. The van der Waals surface area contributed by atoms with E-state index >= 15 is 0 Å². The molecule has 1 aromatic carbocycles. The summed E-state index contributed by atoms with van der Waals surface area (Å²) in [6, 6.07) is 12.0. The summed E-state index contributed by atoms with van der Waals surface area (Å²) in [4.78, 5) is 14.0. The smallest absolute Gasteiger partial charge is 0.261 e. The molecule has 0 radical (unpaired) electrons. The van der Waals surface area contributed by atoms with E-state index in [9.17, 15) is 4.79 Å². The summed E-state index contributed by atoms with van der Waals surface area (Å²) in [6.07, 6.45) is 4.91. The lowest BCUT2D eigenvalue weighted by Gasteiger charge is -2.06. The largest absolute Gasteiger partial charge is 0.305 e. The fraction of sp³-hybridized carbons (Fsp3) is 0.350. The second-order valence-corrected chi connectivity index (χ2v) is 8.01. The molecule has 3 aromatic rings. The molecule has 0 aliphatic heterocycles. The SMILES string of the molecule is Cc1nn(C)c(Sc2ccccc2)c1C(=O)Nc1cc(C2CCCC2)[nH]n1. The van der Waals surface area contributed by atoms with Gasteiger partial charge in [0, 0.05) is 29.6 Å². The molecule has 0 atom stereocenters. The molecule has 1 aliphatic rings. The fourth-order valence-electron chi connectivity index (χ4n) is 3.64. The third-order valence-corrected chi connectivity index (χ3v) is 6.16. The van der Waals surface area contributed by atoms with Crippen LogP contribution >= 0.6 is 11.8 Å². The first kappa shape index (κ1) is 17.9. The van der Waals surface area contributed by atoms with Gasteiger partial charge in [-0.25, -0.2) is 0 Å². The van der Waals surface area contributed by atoms with E-state index in [2.05, 4.69) is 20.6 Å². The lowest BCUT2D eigenvalue weighted by molar-refractivity contribution is 0.102. The topological polar surface area (TPSA) is 75.6 Å². The van der Waals surface area contributed by atoms with E-state index in [1.54, 1.807) is 4.68 Å². The Labute approximate surface area is 162 Å². The highest BCUT2D eigenvalue weighted by Gasteiger charge is 2.23. The number of H-pyrrole nitrogens is 1. The van der Waals surface area contributed by atoms with Crippen LogP contribution in [0.15, 0.2) is 46.3 Å². The van der Waals surface area contributed by atoms with Crippen molar-refractivity contribution in [2.45, 2.75) is 48.4 Å². The molecule has 1 saturated carbocycles. The Morgan fingerprint density at radius 3 is 2.74 bits per heavy atom. The van der Waals surface area contributed by atoms with E-state index in [-0.39, 0.29) is 5.91 Å². The summed E-state index contributed by atoms with van der Waals surface area (Å²) < 4.78 is 1.76. The predicted octanol–water partition coefficient (Wildman–Crippen LogP) is 4.51. The molecule has 6 nitrogen and oxygen atoms in total. The summed E-state index contributed by atoms with van der Waals surface area (Å²) in [5.41, 5.74) is 2.42. The van der Waals surface area contributed by atoms with Gasteiger partial charge in [-0.3, -0.25) is 14.6 Å². The molecule has 2 N–H and O–H groups in total. The Balaban J connectivity index is 1.55. The molecular formula is C20H23N5OS. The van der Waals surface area contributed by atoms with Crippen molar-refractivity contribution in [2.75, 3.05) is 5.32 Å². The zero-order chi connectivity index (χ0) is 18.8. The zero-order valence-electron chi connectivity index (χ0n) is 15.5. The maximum Gasteiger partial charge on any atom is 0.261 e. The minimum Gasteiger partial charge on any atom is -0.305 e. The van der Waals surface area contributed by atoms with E-state index in [1.807, 2.05) is 50.4 Å². The van der Waals surface area contributed by atoms with Gasteiger partial charge in [-0.2, -0.15) is 10.2 Å². The molecule has 0 unspecified atom stereocenters. The average molecular weight is 382 g/mol. The van der Waals surface area contributed by atoms with Gasteiger partial charge in [-0.05, 0) is 31.9 Å². The lowest BCUT2D eigenvalue weighted by Crippen LogP contribution is -2.14. The summed E-state index contributed by atoms with van der Waals surface area (Å²) >= 11 is 1.54. The van der Waals surface area contributed by atoms with Crippen LogP contribution < -0.4 is 5.32 Å². The highest BCUT2D eigenvalue weighted by molar-refractivity contribution is 7.99. The van der Waals surface area contributed by atoms with Crippen LogP contribution in [0.4, 0.5) is 5.82 Å². The Morgan fingerprint density at radius 1 is 1.26 bits per heavy atom. The monoisotopic (exact) mass is 381 g/mol. The molecule has 0 saturated heterocycles. The van der Waals surface area contributed by atoms with Crippen molar-refractivity contribution in [3.05, 3.63) is 53.3 Å². The molecule has 1 aliphatic carbocycles. The Hall–Kier alpha value is -2.54. The van der Waals surface area contributed by atoms with Crippen LogP contribution in [0.5, 0.6) is 0 Å². The Kier molecular flexibility index (Phi) is 5.03. The summed E-state index contributed by atoms with van der Waals surface area (Å²) in [5, 5.41) is 15.6. The first-order valence-electron chi connectivity index (χ1n) is 9.25. The number of hydrogen-bond donors (Lipinski definition) is 2. The van der Waals surface area contributed by atoms with Gasteiger partial charge in [-0.15, -0.1) is 0 Å². The van der Waals surface area contributed by atoms with Crippen LogP contribution in [-0.2, 0) is 7.05 Å². The fourth-order valence-corrected chi connectivity index (χ4v) is 4.67. The van der Waals surface area contributed by atoms with Crippen molar-refractivity contribution < 1.29 is 4.79 Å². The number of amides is 1. The number of nitrogens with zero attached hydrogens (tertiary/aromatic N) is 3. The number of hydrogen-bond acceptors (Lipinski definition) is 4. The van der Waals surface area contributed by atoms with Crippen LogP contribution in [0.25, 0.3) is 0 Å². The second-order valence-electron chi connectivity index (χ2n) is 6.95. The minimum atomic E-state index is -0.177. The molecule has 27 heavy (non-hydrogen) atoms. The molecule has 1 fully saturated rings. The Bertz CT molecular complexity index is 941. The summed E-state index contributed by atoms with van der Waals surface area (Å²) in [7, 11) is 1.86. The van der Waals surface area contributed by atoms with Crippen molar-refractivity contribution in [3.63, 3.8) is 0 Å². The maximum atomic E-state index is 13.0. The second kappa shape index (κ2) is 7.60. The van der Waals surface area contributed by atoms with Crippen LogP contribution in [0, 0.1) is 6.92 Å². The molecule has 0 bridgehead atoms. The quantitative estimate of drug-likeness (QED) is 0.682. The highest BCUT2D eigenvalue weighted by Crippen LogP contribution is 2.34. The van der Waals surface area contributed by atoms with Crippen molar-refractivity contribution >= 4 is 23.5 Å². The van der Waals surface area contributed by atoms with Gasteiger partial charge in [0.25, 0.3) is 5.91 Å². The summed E-state index contributed by atoms with van der Waals surface area (Å²) in [5.74, 6) is 0.928. The number of carbonyl (C=O) groups is 1. The number of aromatic amines is 1. The third kappa shape index (κ3) is 3.78. The number of anilines is 1. The number of benzene rings is 1. The van der Waals surface area contributed by atoms with E-state index in [1.165, 1.54) is 37.4 Å². The molecule has 1 amide bonds. The first-order chi connectivity index (χ1) is 13.1. The van der Waals surface area contributed by atoms with Gasteiger partial charge in [0.1, 0.15) is 5.03 Å². The van der Waals surface area contributed by atoms with E-state index in [0.717, 1.165) is 15.6 Å². The maximum absolute atomic E-state index is 13.0. The van der Waals surface area contributed by atoms with Crippen LogP contribution in [0.1, 0.15) is 53.3 Å². The number of carbonyl (C=O) groups excluding carboxylic acids is 1. The first-order valence-corrected chi connectivity index (χ1v) is 10.1. The molecule has 140 valence electrons. The predicted molar refractivity (Wildman–Crippen MR) is 106 cm³/mol. The lowest BCUT2D eigenvalue weighted by atomic mass is 10.0. The molecule has 0 spiro atoms. The van der Waals surface area contributed by atoms with Crippen molar-refractivity contribution in [1.82, 2.24) is 20.0 Å². The van der Waals surface area contributed by atoms with Crippen molar-refractivity contribution in [2.24, 2.45) is 7.05 Å². The van der Waals surface area contributed by atoms with Crippen LogP contribution in [0.3, 0.4) is 0 Å². The van der Waals surface area contributed by atoms with E-state index < -0.39 is 0 Å². The van der Waals surface area contributed by atoms with E-state index in [0.29, 0.717) is 23.0 Å². The van der Waals surface area contributed by atoms with Gasteiger partial charge >= 0.3 is 0 Å². The third-order valence-electron chi connectivity index (χ3n) is 4.99. The zero-order valence-corrected chi connectivity index (χ0v) is 16.3. The number of aromatic nitrogens is 4. The minimum absolute atomic E-state index is 0.177. The number of aryl methyl sites for hydroxylation is 2. The van der Waals surface area contributed by atoms with Crippen molar-refractivity contribution in [1.29, 1.82) is 0 Å². The van der Waals surface area contributed by atoms with Gasteiger partial charge in [0.05, 0.1) is 11.3 Å². The van der Waals surface area contributed by atoms with Gasteiger partial charge in [0.2, 0.25) is 0 Å². The Morgan fingerprint density at radius 2 is 2.00 bits per heavy atom. The van der Waals surface area contributed by atoms with Gasteiger partial charge in [0.15, 0.2) is 5.82 Å². The molecule has 2 aromatic heterocycles. The van der Waals surface area contributed by atoms with Gasteiger partial charge in [-0.1, -0.05) is 42.8 Å². The average Bonchev–Trinajstić information content (AvgIpc) is 3.37. The molecule has 2 heterocycles. The van der Waals surface area contributed by atoms with Gasteiger partial charge < -0.3 is 5.32 Å². The number of nitrogens with one attached hydrogen (secondary N) is 2. The van der Waals surface area contributed by atoms with Crippen molar-refractivity contribution in [3.8, 4) is 0 Å². The standard InChI is InChI=1S/C20H23N5OS/c1-13-18(20(25(2)24-13)27-15-10-4-3-5-11-15)19(26)21-17-12-16(22-23-17)14-8-6-7-9-14/h3-5,10-12,14H,6-9H2,1-2H3,(H2,21,22,23,26). The summed E-state index contributed by atoms with van der Waals surface area (Å²) in [6.45, 7) is 1.86. The normalized spacial score (nSPS) is 14.6. The van der Waals surface area contributed by atoms with Crippen LogP contribution in [0.2, 0.25) is 0 Å². The van der Waals surface area contributed by atoms with E-state index in [4.69, 9.17) is 0 Å². The molecule has 7 heteroatoms. The van der Waals surface area contributed by atoms with Crippen LogP contribution in [-0.4, -0.2) is 25.9 Å².